The molecular weight excluding hydrogens is 388 g/mol. The van der Waals surface area contributed by atoms with Crippen molar-refractivity contribution in [3.63, 3.8) is 0 Å². The number of imide groups is 1. The predicted molar refractivity (Wildman–Crippen MR) is 94.6 cm³/mol. The molecule has 0 bridgehead atoms. The van der Waals surface area contributed by atoms with Crippen LogP contribution >= 0.6 is 15.9 Å². The minimum atomic E-state index is -0.727. The van der Waals surface area contributed by atoms with Crippen LogP contribution in [0.2, 0.25) is 0 Å². The van der Waals surface area contributed by atoms with Crippen LogP contribution in [0.25, 0.3) is 0 Å². The van der Waals surface area contributed by atoms with E-state index in [4.69, 9.17) is 9.47 Å². The fourth-order valence-corrected chi connectivity index (χ4v) is 4.48. The molecular formula is C18H21BrN2O4. The van der Waals surface area contributed by atoms with Crippen molar-refractivity contribution in [2.24, 2.45) is 5.92 Å². The van der Waals surface area contributed by atoms with E-state index in [1.807, 2.05) is 12.1 Å². The fourth-order valence-electron chi connectivity index (χ4n) is 4.04. The maximum absolute atomic E-state index is 13.1. The molecule has 1 aromatic rings. The lowest BCUT2D eigenvalue weighted by atomic mass is 9.73. The quantitative estimate of drug-likeness (QED) is 0.762. The number of fused-ring (bicyclic) bond motifs is 1. The van der Waals surface area contributed by atoms with Gasteiger partial charge in [-0.15, -0.1) is 0 Å². The van der Waals surface area contributed by atoms with Gasteiger partial charge in [-0.3, -0.25) is 9.69 Å². The van der Waals surface area contributed by atoms with Crippen LogP contribution in [0.5, 0.6) is 11.5 Å². The van der Waals surface area contributed by atoms with E-state index in [0.29, 0.717) is 24.7 Å². The number of hydrogen-bond acceptors (Lipinski definition) is 4. The molecule has 1 saturated carbocycles. The first-order valence-electron chi connectivity index (χ1n) is 8.73. The Morgan fingerprint density at radius 2 is 1.96 bits per heavy atom. The molecule has 1 spiro atoms. The number of rotatable bonds is 2. The molecule has 6 nitrogen and oxygen atoms in total. The van der Waals surface area contributed by atoms with E-state index < -0.39 is 5.54 Å². The highest BCUT2D eigenvalue weighted by atomic mass is 79.9. The lowest BCUT2D eigenvalue weighted by molar-refractivity contribution is -0.134. The topological polar surface area (TPSA) is 67.9 Å². The largest absolute Gasteiger partial charge is 0.486 e. The molecule has 1 aromatic carbocycles. The lowest BCUT2D eigenvalue weighted by Gasteiger charge is -2.36. The van der Waals surface area contributed by atoms with Gasteiger partial charge in [-0.2, -0.15) is 0 Å². The average Bonchev–Trinajstić information content (AvgIpc) is 2.83. The summed E-state index contributed by atoms with van der Waals surface area (Å²) in [5.74, 6) is 1.38. The molecule has 7 heteroatoms. The minimum Gasteiger partial charge on any atom is -0.486 e. The molecule has 4 rings (SSSR count). The van der Waals surface area contributed by atoms with Gasteiger partial charge >= 0.3 is 6.03 Å². The monoisotopic (exact) mass is 408 g/mol. The molecule has 134 valence electrons. The number of urea groups is 1. The zero-order chi connectivity index (χ0) is 17.6. The molecule has 25 heavy (non-hydrogen) atoms. The fraction of sp³-hybridized carbons (Fsp3) is 0.556. The SMILES string of the molecule is C[C@H]1CCCC[C@]12NC(=O)N(Cc1cc3c(cc1Br)OCCO3)C2=O. The summed E-state index contributed by atoms with van der Waals surface area (Å²) in [6.45, 7) is 3.29. The number of ether oxygens (including phenoxy) is 2. The van der Waals surface area contributed by atoms with Crippen LogP contribution in [0.15, 0.2) is 16.6 Å². The van der Waals surface area contributed by atoms with Gasteiger partial charge in [0, 0.05) is 4.47 Å². The summed E-state index contributed by atoms with van der Waals surface area (Å²) in [6, 6.07) is 3.37. The summed E-state index contributed by atoms with van der Waals surface area (Å²) in [5, 5.41) is 2.99. The highest BCUT2D eigenvalue weighted by Crippen LogP contribution is 2.40. The molecule has 1 aliphatic carbocycles. The highest BCUT2D eigenvalue weighted by molar-refractivity contribution is 9.10. The van der Waals surface area contributed by atoms with Crippen LogP contribution in [0, 0.1) is 5.92 Å². The van der Waals surface area contributed by atoms with Gasteiger partial charge in [0.25, 0.3) is 5.91 Å². The summed E-state index contributed by atoms with van der Waals surface area (Å²) in [6.07, 6.45) is 3.77. The third kappa shape index (κ3) is 2.69. The van der Waals surface area contributed by atoms with E-state index >= 15 is 0 Å². The second kappa shape index (κ2) is 6.20. The van der Waals surface area contributed by atoms with E-state index in [1.54, 1.807) is 0 Å². The molecule has 3 aliphatic rings. The zero-order valence-electron chi connectivity index (χ0n) is 14.1. The second-order valence-electron chi connectivity index (χ2n) is 7.03. The lowest BCUT2D eigenvalue weighted by Crippen LogP contribution is -2.53. The van der Waals surface area contributed by atoms with Gasteiger partial charge in [0.05, 0.1) is 6.54 Å². The number of nitrogens with zero attached hydrogens (tertiary/aromatic N) is 1. The summed E-state index contributed by atoms with van der Waals surface area (Å²) < 4.78 is 12.0. The van der Waals surface area contributed by atoms with Gasteiger partial charge in [0.2, 0.25) is 0 Å². The summed E-state index contributed by atoms with van der Waals surface area (Å²) in [4.78, 5) is 26.9. The van der Waals surface area contributed by atoms with Crippen molar-refractivity contribution < 1.29 is 19.1 Å². The molecule has 2 heterocycles. The van der Waals surface area contributed by atoms with Gasteiger partial charge in [-0.1, -0.05) is 35.7 Å². The Labute approximate surface area is 155 Å². The van der Waals surface area contributed by atoms with Crippen molar-refractivity contribution in [1.29, 1.82) is 0 Å². The Morgan fingerprint density at radius 3 is 2.68 bits per heavy atom. The number of benzene rings is 1. The zero-order valence-corrected chi connectivity index (χ0v) is 15.7. The number of amides is 3. The van der Waals surface area contributed by atoms with Crippen molar-refractivity contribution in [2.45, 2.75) is 44.7 Å². The number of nitrogens with one attached hydrogen (secondary N) is 1. The molecule has 2 fully saturated rings. The predicted octanol–water partition coefficient (Wildman–Crippen LogP) is 3.22. The van der Waals surface area contributed by atoms with E-state index in [-0.39, 0.29) is 24.4 Å². The molecule has 2 aliphatic heterocycles. The molecule has 1 N–H and O–H groups in total. The van der Waals surface area contributed by atoms with Crippen LogP contribution < -0.4 is 14.8 Å². The first-order chi connectivity index (χ1) is 12.0. The number of carbonyl (C=O) groups excluding carboxylic acids is 2. The summed E-state index contributed by atoms with van der Waals surface area (Å²) in [5.41, 5.74) is 0.101. The van der Waals surface area contributed by atoms with Crippen molar-refractivity contribution in [2.75, 3.05) is 13.2 Å². The van der Waals surface area contributed by atoms with Gasteiger partial charge in [0.15, 0.2) is 11.5 Å². The molecule has 0 unspecified atom stereocenters. The number of hydrogen-bond donors (Lipinski definition) is 1. The Bertz CT molecular complexity index is 738. The number of halogens is 1. The van der Waals surface area contributed by atoms with Crippen molar-refractivity contribution in [1.82, 2.24) is 10.2 Å². The summed E-state index contributed by atoms with van der Waals surface area (Å²) >= 11 is 3.52. The van der Waals surface area contributed by atoms with Crippen molar-refractivity contribution in [3.8, 4) is 11.5 Å². The summed E-state index contributed by atoms with van der Waals surface area (Å²) in [7, 11) is 0. The van der Waals surface area contributed by atoms with E-state index in [2.05, 4.69) is 28.2 Å². The Hall–Kier alpha value is -1.76. The maximum Gasteiger partial charge on any atom is 0.325 e. The van der Waals surface area contributed by atoms with E-state index in [1.165, 1.54) is 4.90 Å². The Morgan fingerprint density at radius 1 is 1.24 bits per heavy atom. The van der Waals surface area contributed by atoms with Crippen molar-refractivity contribution in [3.05, 3.63) is 22.2 Å². The molecule has 0 aromatic heterocycles. The van der Waals surface area contributed by atoms with Crippen LogP contribution in [0.4, 0.5) is 4.79 Å². The van der Waals surface area contributed by atoms with Gasteiger partial charge in [0.1, 0.15) is 18.8 Å². The highest BCUT2D eigenvalue weighted by Gasteiger charge is 2.54. The van der Waals surface area contributed by atoms with Gasteiger partial charge in [-0.05, 0) is 36.5 Å². The van der Waals surface area contributed by atoms with E-state index in [9.17, 15) is 9.59 Å². The van der Waals surface area contributed by atoms with Crippen LogP contribution in [-0.2, 0) is 11.3 Å². The first-order valence-corrected chi connectivity index (χ1v) is 9.53. The Balaban J connectivity index is 1.61. The third-order valence-electron chi connectivity index (χ3n) is 5.54. The van der Waals surface area contributed by atoms with Crippen LogP contribution in [-0.4, -0.2) is 35.6 Å². The van der Waals surface area contributed by atoms with Crippen LogP contribution in [0.3, 0.4) is 0 Å². The second-order valence-corrected chi connectivity index (χ2v) is 7.88. The Kier molecular flexibility index (Phi) is 4.14. The standard InChI is InChI=1S/C18H21BrN2O4/c1-11-4-2-3-5-18(11)16(22)21(17(23)20-18)10-12-8-14-15(9-13(12)19)25-7-6-24-14/h8-9,11H,2-7,10H2,1H3,(H,20,23)/t11-,18-/m0/s1. The van der Waals surface area contributed by atoms with E-state index in [0.717, 1.165) is 35.7 Å². The van der Waals surface area contributed by atoms with Crippen LogP contribution in [0.1, 0.15) is 38.2 Å². The molecule has 0 radical (unpaired) electrons. The smallest absolute Gasteiger partial charge is 0.325 e. The minimum absolute atomic E-state index is 0.105. The van der Waals surface area contributed by atoms with Crippen molar-refractivity contribution >= 4 is 27.9 Å². The van der Waals surface area contributed by atoms with Gasteiger partial charge in [-0.25, -0.2) is 4.79 Å². The molecule has 1 saturated heterocycles. The average molecular weight is 409 g/mol. The number of carbonyl (C=O) groups is 2. The molecule has 3 amide bonds. The normalized spacial score (nSPS) is 28.4. The molecule has 2 atom stereocenters. The van der Waals surface area contributed by atoms with Gasteiger partial charge < -0.3 is 14.8 Å². The first kappa shape index (κ1) is 16.7. The maximum atomic E-state index is 13.1. The third-order valence-corrected chi connectivity index (χ3v) is 6.28.